The van der Waals surface area contributed by atoms with Gasteiger partial charge in [0.25, 0.3) is 0 Å². The van der Waals surface area contributed by atoms with Crippen LogP contribution in [-0.2, 0) is 9.59 Å². The quantitative estimate of drug-likeness (QED) is 0.789. The number of carboxylic acid groups (broad SMARTS) is 1. The van der Waals surface area contributed by atoms with Gasteiger partial charge in [0.15, 0.2) is 0 Å². The number of aliphatic carboxylic acids is 1. The van der Waals surface area contributed by atoms with Crippen LogP contribution in [0.25, 0.3) is 0 Å². The molecule has 0 spiro atoms. The number of benzene rings is 1. The van der Waals surface area contributed by atoms with Gasteiger partial charge >= 0.3 is 5.97 Å². The highest BCUT2D eigenvalue weighted by molar-refractivity contribution is 5.85. The van der Waals surface area contributed by atoms with Crippen LogP contribution in [0.3, 0.4) is 0 Å². The Morgan fingerprint density at radius 1 is 1.29 bits per heavy atom. The number of hydrogen-bond acceptors (Lipinski definition) is 3. The molecule has 2 unspecified atom stereocenters. The number of nitrogens with one attached hydrogen (secondary N) is 1. The fourth-order valence-corrected chi connectivity index (χ4v) is 3.18. The summed E-state index contributed by atoms with van der Waals surface area (Å²) in [5.41, 5.74) is 1.09. The summed E-state index contributed by atoms with van der Waals surface area (Å²) in [6.07, 6.45) is 4.34. The van der Waals surface area contributed by atoms with Crippen molar-refractivity contribution >= 4 is 24.3 Å². The Hall–Kier alpha value is -1.59. The summed E-state index contributed by atoms with van der Waals surface area (Å²) in [5.74, 6) is -0.925. The van der Waals surface area contributed by atoms with Gasteiger partial charge in [-0.2, -0.15) is 0 Å². The van der Waals surface area contributed by atoms with Crippen LogP contribution >= 0.6 is 12.4 Å². The maximum absolute atomic E-state index is 12.4. The number of halogens is 1. The summed E-state index contributed by atoms with van der Waals surface area (Å²) in [5, 5.41) is 12.4. The number of rotatable bonds is 7. The minimum absolute atomic E-state index is 0. The zero-order valence-electron chi connectivity index (χ0n) is 14.1. The third-order valence-corrected chi connectivity index (χ3v) is 4.36. The molecule has 1 amide bonds. The van der Waals surface area contributed by atoms with Crippen molar-refractivity contribution in [3.63, 3.8) is 0 Å². The Morgan fingerprint density at radius 3 is 2.62 bits per heavy atom. The maximum Gasteiger partial charge on any atom is 0.320 e. The van der Waals surface area contributed by atoms with Crippen molar-refractivity contribution in [2.45, 2.75) is 51.1 Å². The summed E-state index contributed by atoms with van der Waals surface area (Å²) in [7, 11) is 0. The average Bonchev–Trinajstić information content (AvgIpc) is 2.55. The molecule has 2 N–H and O–H groups in total. The van der Waals surface area contributed by atoms with Crippen molar-refractivity contribution in [2.75, 3.05) is 13.1 Å². The molecule has 0 bridgehead atoms. The molecular formula is C18H27ClN2O3. The van der Waals surface area contributed by atoms with Gasteiger partial charge in [0, 0.05) is 0 Å². The van der Waals surface area contributed by atoms with E-state index in [9.17, 15) is 14.7 Å². The normalized spacial score (nSPS) is 19.1. The molecule has 0 saturated carbocycles. The Labute approximate surface area is 149 Å². The van der Waals surface area contributed by atoms with Gasteiger partial charge in [0.05, 0.1) is 12.6 Å². The van der Waals surface area contributed by atoms with Crippen molar-refractivity contribution in [1.29, 1.82) is 0 Å². The van der Waals surface area contributed by atoms with Gasteiger partial charge in [-0.1, -0.05) is 50.1 Å². The van der Waals surface area contributed by atoms with E-state index in [4.69, 9.17) is 0 Å². The Kier molecular flexibility index (Phi) is 8.79. The summed E-state index contributed by atoms with van der Waals surface area (Å²) in [6, 6.07) is 9.38. The second-order valence-corrected chi connectivity index (χ2v) is 6.14. The number of hydrogen-bond donors (Lipinski definition) is 2. The number of carbonyl (C=O) groups excluding carboxylic acids is 1. The lowest BCUT2D eigenvalue weighted by atomic mass is 10.0. The summed E-state index contributed by atoms with van der Waals surface area (Å²) < 4.78 is 0. The third-order valence-electron chi connectivity index (χ3n) is 4.36. The fourth-order valence-electron chi connectivity index (χ4n) is 3.18. The van der Waals surface area contributed by atoms with E-state index in [0.29, 0.717) is 13.0 Å². The molecule has 0 aliphatic carbocycles. The number of likely N-dealkylation sites (tertiary alicyclic amines) is 1. The average molecular weight is 355 g/mol. The Morgan fingerprint density at radius 2 is 2.00 bits per heavy atom. The van der Waals surface area contributed by atoms with Crippen LogP contribution in [0.1, 0.15) is 50.6 Å². The number of carbonyl (C=O) groups is 2. The lowest BCUT2D eigenvalue weighted by Gasteiger charge is -2.32. The van der Waals surface area contributed by atoms with Crippen molar-refractivity contribution in [3.8, 4) is 0 Å². The summed E-state index contributed by atoms with van der Waals surface area (Å²) in [6.45, 7) is 2.92. The van der Waals surface area contributed by atoms with Gasteiger partial charge in [0.1, 0.15) is 6.04 Å². The second-order valence-electron chi connectivity index (χ2n) is 6.14. The van der Waals surface area contributed by atoms with Crippen LogP contribution in [0, 0.1) is 0 Å². The third kappa shape index (κ3) is 5.80. The minimum Gasteiger partial charge on any atom is -0.480 e. The standard InChI is InChI=1S/C18H26N2O3.ClH/c1-2-8-15(14-9-4-3-5-10-14)19-17(21)13-20-12-7-6-11-16(20)18(22)23;/h3-5,9-10,15-16H,2,6-8,11-13H2,1H3,(H,19,21)(H,22,23);1H. The molecule has 1 aliphatic heterocycles. The molecule has 1 aromatic carbocycles. The van der Waals surface area contributed by atoms with Crippen molar-refractivity contribution < 1.29 is 14.7 Å². The topological polar surface area (TPSA) is 69.6 Å². The van der Waals surface area contributed by atoms with Crippen molar-refractivity contribution in [2.24, 2.45) is 0 Å². The van der Waals surface area contributed by atoms with Gasteiger partial charge in [-0.15, -0.1) is 12.4 Å². The first-order chi connectivity index (χ1) is 11.1. The maximum atomic E-state index is 12.4. The van der Waals surface area contributed by atoms with E-state index >= 15 is 0 Å². The minimum atomic E-state index is -0.828. The SMILES string of the molecule is CCCC(NC(=O)CN1CCCCC1C(=O)O)c1ccccc1.Cl. The molecule has 134 valence electrons. The van der Waals surface area contributed by atoms with Crippen LogP contribution in [0.5, 0.6) is 0 Å². The molecule has 1 heterocycles. The van der Waals surface area contributed by atoms with Crippen LogP contribution in [0.15, 0.2) is 30.3 Å². The monoisotopic (exact) mass is 354 g/mol. The molecule has 2 rings (SSSR count). The molecular weight excluding hydrogens is 328 g/mol. The van der Waals surface area contributed by atoms with Gasteiger partial charge in [-0.3, -0.25) is 14.5 Å². The molecule has 2 atom stereocenters. The van der Waals surface area contributed by atoms with E-state index in [0.717, 1.165) is 31.2 Å². The highest BCUT2D eigenvalue weighted by atomic mass is 35.5. The number of piperidine rings is 1. The summed E-state index contributed by atoms with van der Waals surface area (Å²) in [4.78, 5) is 25.5. The number of amides is 1. The molecule has 5 nitrogen and oxygen atoms in total. The van der Waals surface area contributed by atoms with E-state index in [1.165, 1.54) is 0 Å². The molecule has 24 heavy (non-hydrogen) atoms. The zero-order valence-corrected chi connectivity index (χ0v) is 14.9. The zero-order chi connectivity index (χ0) is 16.7. The Bertz CT molecular complexity index is 524. The molecule has 6 heteroatoms. The van der Waals surface area contributed by atoms with E-state index in [-0.39, 0.29) is 30.9 Å². The number of carboxylic acids is 1. The van der Waals surface area contributed by atoms with Crippen LogP contribution < -0.4 is 5.32 Å². The van der Waals surface area contributed by atoms with Gasteiger partial charge in [-0.25, -0.2) is 0 Å². The van der Waals surface area contributed by atoms with Crippen LogP contribution in [0.4, 0.5) is 0 Å². The highest BCUT2D eigenvalue weighted by Crippen LogP contribution is 2.19. The van der Waals surface area contributed by atoms with E-state index in [2.05, 4.69) is 12.2 Å². The lowest BCUT2D eigenvalue weighted by Crippen LogP contribution is -2.49. The first-order valence-corrected chi connectivity index (χ1v) is 8.43. The second kappa shape index (κ2) is 10.3. The lowest BCUT2D eigenvalue weighted by molar-refractivity contribution is -0.145. The molecule has 1 aromatic rings. The van der Waals surface area contributed by atoms with E-state index in [1.807, 2.05) is 30.3 Å². The van der Waals surface area contributed by atoms with Gasteiger partial charge < -0.3 is 10.4 Å². The first kappa shape index (κ1) is 20.5. The van der Waals surface area contributed by atoms with Crippen molar-refractivity contribution in [1.82, 2.24) is 10.2 Å². The van der Waals surface area contributed by atoms with Gasteiger partial charge in [-0.05, 0) is 31.4 Å². The molecule has 1 fully saturated rings. The fraction of sp³-hybridized carbons (Fsp3) is 0.556. The van der Waals surface area contributed by atoms with E-state index < -0.39 is 12.0 Å². The Balaban J connectivity index is 0.00000288. The highest BCUT2D eigenvalue weighted by Gasteiger charge is 2.30. The largest absolute Gasteiger partial charge is 0.480 e. The first-order valence-electron chi connectivity index (χ1n) is 8.43. The smallest absolute Gasteiger partial charge is 0.320 e. The predicted molar refractivity (Wildman–Crippen MR) is 96.3 cm³/mol. The van der Waals surface area contributed by atoms with Gasteiger partial charge in [0.2, 0.25) is 5.91 Å². The predicted octanol–water partition coefficient (Wildman–Crippen LogP) is 3.00. The molecule has 1 aliphatic rings. The van der Waals surface area contributed by atoms with E-state index in [1.54, 1.807) is 4.90 Å². The summed E-state index contributed by atoms with van der Waals surface area (Å²) >= 11 is 0. The van der Waals surface area contributed by atoms with Crippen LogP contribution in [0.2, 0.25) is 0 Å². The number of nitrogens with zero attached hydrogens (tertiary/aromatic N) is 1. The van der Waals surface area contributed by atoms with Crippen molar-refractivity contribution in [3.05, 3.63) is 35.9 Å². The molecule has 0 radical (unpaired) electrons. The molecule has 0 aromatic heterocycles. The molecule has 1 saturated heterocycles. The van der Waals surface area contributed by atoms with Crippen LogP contribution in [-0.4, -0.2) is 41.0 Å².